The zero-order valence-electron chi connectivity index (χ0n) is 10.3. The minimum atomic E-state index is -0.444. The highest BCUT2D eigenvalue weighted by Gasteiger charge is 2.44. The van der Waals surface area contributed by atoms with Gasteiger partial charge in [0.15, 0.2) is 0 Å². The molecular weight excluding hydrogens is 204 g/mol. The molecule has 2 aliphatic carbocycles. The Morgan fingerprint density at radius 3 is 2.56 bits per heavy atom. The molecule has 0 amide bonds. The van der Waals surface area contributed by atoms with Crippen LogP contribution in [-0.4, -0.2) is 17.9 Å². The summed E-state index contributed by atoms with van der Waals surface area (Å²) in [5.41, 5.74) is -0.444. The Bertz CT molecular complexity index is 314. The molecule has 0 aromatic heterocycles. The Morgan fingerprint density at radius 2 is 2.00 bits per heavy atom. The van der Waals surface area contributed by atoms with Crippen LogP contribution in [0.4, 0.5) is 0 Å². The van der Waals surface area contributed by atoms with Gasteiger partial charge >= 0.3 is 5.97 Å². The monoisotopic (exact) mass is 224 g/mol. The van der Waals surface area contributed by atoms with E-state index >= 15 is 0 Å². The van der Waals surface area contributed by atoms with Crippen LogP contribution in [0.1, 0.15) is 46.5 Å². The quantitative estimate of drug-likeness (QED) is 0.642. The highest BCUT2D eigenvalue weighted by molar-refractivity contribution is 5.87. The van der Waals surface area contributed by atoms with Crippen LogP contribution in [0, 0.1) is 17.3 Å². The maximum Gasteiger partial charge on any atom is 0.311 e. The Hall–Kier alpha value is -0.860. The lowest BCUT2D eigenvalue weighted by Crippen LogP contribution is -2.44. The largest absolute Gasteiger partial charge is 0.462 e. The maximum atomic E-state index is 11.7. The third-order valence-electron chi connectivity index (χ3n) is 3.71. The summed E-state index contributed by atoms with van der Waals surface area (Å²) in [6.07, 6.45) is 3.45. The molecule has 0 unspecified atom stereocenters. The molecule has 3 nitrogen and oxygen atoms in total. The van der Waals surface area contributed by atoms with Gasteiger partial charge in [-0.15, -0.1) is 0 Å². The summed E-state index contributed by atoms with van der Waals surface area (Å²) in [4.78, 5) is 23.1. The molecule has 0 saturated heterocycles. The minimum Gasteiger partial charge on any atom is -0.462 e. The van der Waals surface area contributed by atoms with Crippen molar-refractivity contribution in [1.29, 1.82) is 0 Å². The lowest BCUT2D eigenvalue weighted by Gasteiger charge is -2.42. The van der Waals surface area contributed by atoms with Gasteiger partial charge in [-0.05, 0) is 46.0 Å². The lowest BCUT2D eigenvalue weighted by molar-refractivity contribution is -0.165. The van der Waals surface area contributed by atoms with Gasteiger partial charge in [-0.25, -0.2) is 0 Å². The van der Waals surface area contributed by atoms with Gasteiger partial charge in [-0.2, -0.15) is 0 Å². The van der Waals surface area contributed by atoms with E-state index in [-0.39, 0.29) is 18.0 Å². The number of rotatable bonds is 1. The van der Waals surface area contributed by atoms with Crippen molar-refractivity contribution < 1.29 is 14.3 Å². The standard InChI is InChI=1S/C13H20O3/c1-13(2,3)12(15)16-9-5-4-8-6-11(14)10(8)7-9/h8-10H,4-7H2,1-3H3/t8-,9+,10-/m1/s1. The van der Waals surface area contributed by atoms with Crippen molar-refractivity contribution in [1.82, 2.24) is 0 Å². The number of ketones is 1. The topological polar surface area (TPSA) is 43.4 Å². The van der Waals surface area contributed by atoms with E-state index in [1.165, 1.54) is 0 Å². The van der Waals surface area contributed by atoms with Crippen molar-refractivity contribution in [3.8, 4) is 0 Å². The second kappa shape index (κ2) is 3.86. The van der Waals surface area contributed by atoms with E-state index in [1.54, 1.807) is 0 Å². The molecule has 2 rings (SSSR count). The number of esters is 1. The fourth-order valence-electron chi connectivity index (χ4n) is 2.52. The van der Waals surface area contributed by atoms with E-state index in [2.05, 4.69) is 0 Å². The molecule has 16 heavy (non-hydrogen) atoms. The number of Topliss-reactive ketones (excluding diaryl/α,β-unsaturated/α-hetero) is 1. The number of ether oxygens (including phenoxy) is 1. The van der Waals surface area contributed by atoms with Gasteiger partial charge in [0.2, 0.25) is 0 Å². The molecule has 0 N–H and O–H groups in total. The predicted octanol–water partition coefficient (Wildman–Crippen LogP) is 2.33. The first-order valence-corrected chi connectivity index (χ1v) is 6.11. The molecule has 0 spiro atoms. The van der Waals surface area contributed by atoms with Gasteiger partial charge in [0.05, 0.1) is 5.41 Å². The first-order chi connectivity index (χ1) is 7.38. The Morgan fingerprint density at radius 1 is 1.31 bits per heavy atom. The third-order valence-corrected chi connectivity index (χ3v) is 3.71. The highest BCUT2D eigenvalue weighted by Crippen LogP contribution is 2.43. The Balaban J connectivity index is 1.88. The Labute approximate surface area is 96.5 Å². The second-order valence-corrected chi connectivity index (χ2v) is 6.13. The van der Waals surface area contributed by atoms with E-state index in [0.29, 0.717) is 11.7 Å². The van der Waals surface area contributed by atoms with Crippen LogP contribution in [0.5, 0.6) is 0 Å². The number of hydrogen-bond donors (Lipinski definition) is 0. The van der Waals surface area contributed by atoms with Crippen molar-refractivity contribution in [2.75, 3.05) is 0 Å². The fourth-order valence-corrected chi connectivity index (χ4v) is 2.52. The van der Waals surface area contributed by atoms with E-state index in [9.17, 15) is 9.59 Å². The molecule has 3 heteroatoms. The molecule has 3 atom stereocenters. The second-order valence-electron chi connectivity index (χ2n) is 6.13. The van der Waals surface area contributed by atoms with Crippen LogP contribution in [0.15, 0.2) is 0 Å². The van der Waals surface area contributed by atoms with Crippen molar-refractivity contribution in [2.24, 2.45) is 17.3 Å². The summed E-state index contributed by atoms with van der Waals surface area (Å²) >= 11 is 0. The zero-order chi connectivity index (χ0) is 11.9. The molecule has 2 aliphatic rings. The molecule has 0 aromatic carbocycles. The molecule has 90 valence electrons. The van der Waals surface area contributed by atoms with Crippen LogP contribution >= 0.6 is 0 Å². The maximum absolute atomic E-state index is 11.7. The average Bonchev–Trinajstić information content (AvgIpc) is 2.17. The van der Waals surface area contributed by atoms with Crippen LogP contribution < -0.4 is 0 Å². The van der Waals surface area contributed by atoms with E-state index in [4.69, 9.17) is 4.74 Å². The first kappa shape index (κ1) is 11.6. The molecule has 0 radical (unpaired) electrons. The van der Waals surface area contributed by atoms with Crippen molar-refractivity contribution >= 4 is 11.8 Å². The summed E-state index contributed by atoms with van der Waals surface area (Å²) in [6.45, 7) is 5.57. The summed E-state index contributed by atoms with van der Waals surface area (Å²) in [6, 6.07) is 0. The third kappa shape index (κ3) is 2.13. The van der Waals surface area contributed by atoms with Gasteiger partial charge in [0, 0.05) is 12.3 Å². The molecule has 0 aliphatic heterocycles. The van der Waals surface area contributed by atoms with E-state index < -0.39 is 5.41 Å². The molecule has 0 bridgehead atoms. The van der Waals surface area contributed by atoms with E-state index in [1.807, 2.05) is 20.8 Å². The number of fused-ring (bicyclic) bond motifs is 1. The van der Waals surface area contributed by atoms with E-state index in [0.717, 1.165) is 25.7 Å². The smallest absolute Gasteiger partial charge is 0.311 e. The first-order valence-electron chi connectivity index (χ1n) is 6.11. The predicted molar refractivity (Wildman–Crippen MR) is 59.8 cm³/mol. The van der Waals surface area contributed by atoms with Gasteiger partial charge in [-0.1, -0.05) is 0 Å². The normalized spacial score (nSPS) is 33.9. The van der Waals surface area contributed by atoms with Crippen molar-refractivity contribution in [2.45, 2.75) is 52.6 Å². The molecule has 0 heterocycles. The van der Waals surface area contributed by atoms with Gasteiger partial charge in [0.25, 0.3) is 0 Å². The Kier molecular flexibility index (Phi) is 2.81. The number of carbonyl (C=O) groups is 2. The van der Waals surface area contributed by atoms with Crippen LogP contribution in [-0.2, 0) is 14.3 Å². The number of hydrogen-bond acceptors (Lipinski definition) is 3. The van der Waals surface area contributed by atoms with Crippen LogP contribution in [0.25, 0.3) is 0 Å². The van der Waals surface area contributed by atoms with Gasteiger partial charge in [0.1, 0.15) is 11.9 Å². The van der Waals surface area contributed by atoms with Gasteiger partial charge < -0.3 is 4.74 Å². The molecule has 2 fully saturated rings. The average molecular weight is 224 g/mol. The van der Waals surface area contributed by atoms with Crippen LogP contribution in [0.2, 0.25) is 0 Å². The van der Waals surface area contributed by atoms with Crippen molar-refractivity contribution in [3.05, 3.63) is 0 Å². The van der Waals surface area contributed by atoms with Crippen LogP contribution in [0.3, 0.4) is 0 Å². The number of carbonyl (C=O) groups excluding carboxylic acids is 2. The molecule has 0 aromatic rings. The summed E-state index contributed by atoms with van der Waals surface area (Å²) < 4.78 is 5.47. The fraction of sp³-hybridized carbons (Fsp3) is 0.846. The highest BCUT2D eigenvalue weighted by atomic mass is 16.5. The molecular formula is C13H20O3. The van der Waals surface area contributed by atoms with Gasteiger partial charge in [-0.3, -0.25) is 9.59 Å². The van der Waals surface area contributed by atoms with Crippen molar-refractivity contribution in [3.63, 3.8) is 0 Å². The SMILES string of the molecule is CC(C)(C)C(=O)O[C@H]1CC[C@@H]2CC(=O)[C@@H]2C1. The summed E-state index contributed by atoms with van der Waals surface area (Å²) in [7, 11) is 0. The minimum absolute atomic E-state index is 0.0303. The molecule has 2 saturated carbocycles. The lowest BCUT2D eigenvalue weighted by atomic mass is 9.64. The zero-order valence-corrected chi connectivity index (χ0v) is 10.3. The summed E-state index contributed by atoms with van der Waals surface area (Å²) in [5.74, 6) is 0.979. The summed E-state index contributed by atoms with van der Waals surface area (Å²) in [5, 5.41) is 0.